The topological polar surface area (TPSA) is 89.5 Å². The van der Waals surface area contributed by atoms with E-state index in [4.69, 9.17) is 9.47 Å². The molecule has 2 amide bonds. The molecular formula is C17H19N3O4. The van der Waals surface area contributed by atoms with Crippen molar-refractivity contribution in [3.8, 4) is 11.5 Å². The van der Waals surface area contributed by atoms with Crippen LogP contribution in [0.3, 0.4) is 0 Å². The van der Waals surface area contributed by atoms with E-state index >= 15 is 0 Å². The molecule has 0 saturated carbocycles. The predicted octanol–water partition coefficient (Wildman–Crippen LogP) is 1.26. The quantitative estimate of drug-likeness (QED) is 0.747. The number of methoxy groups -OCH3 is 2. The van der Waals surface area contributed by atoms with Crippen molar-refractivity contribution in [3.63, 3.8) is 0 Å². The molecular weight excluding hydrogens is 310 g/mol. The molecule has 1 aromatic heterocycles. The zero-order valence-electron chi connectivity index (χ0n) is 13.5. The lowest BCUT2D eigenvalue weighted by Gasteiger charge is -2.13. The largest absolute Gasteiger partial charge is 0.496 e. The summed E-state index contributed by atoms with van der Waals surface area (Å²) in [6.45, 7) is 0.571. The van der Waals surface area contributed by atoms with Crippen molar-refractivity contribution in [1.82, 2.24) is 15.6 Å². The summed E-state index contributed by atoms with van der Waals surface area (Å²) in [6, 6.07) is 8.34. The Morgan fingerprint density at radius 3 is 2.00 bits per heavy atom. The number of aromatic nitrogens is 1. The van der Waals surface area contributed by atoms with E-state index in [1.807, 2.05) is 0 Å². The van der Waals surface area contributed by atoms with Gasteiger partial charge in [-0.3, -0.25) is 14.6 Å². The number of nitrogens with one attached hydrogen (secondary N) is 2. The fourth-order valence-corrected chi connectivity index (χ4v) is 2.12. The van der Waals surface area contributed by atoms with Crippen LogP contribution in [0.5, 0.6) is 11.5 Å². The van der Waals surface area contributed by atoms with E-state index in [0.717, 1.165) is 0 Å². The molecule has 2 N–H and O–H groups in total. The van der Waals surface area contributed by atoms with Crippen LogP contribution in [0.25, 0.3) is 0 Å². The van der Waals surface area contributed by atoms with Gasteiger partial charge in [0, 0.05) is 31.0 Å². The Labute approximate surface area is 140 Å². The monoisotopic (exact) mass is 329 g/mol. The first-order chi connectivity index (χ1) is 11.7. The van der Waals surface area contributed by atoms with Crippen LogP contribution in [-0.2, 0) is 0 Å². The number of amides is 2. The Morgan fingerprint density at radius 1 is 0.917 bits per heavy atom. The molecule has 2 aromatic rings. The maximum atomic E-state index is 12.3. The van der Waals surface area contributed by atoms with Crippen LogP contribution in [0.1, 0.15) is 20.7 Å². The molecule has 1 aromatic carbocycles. The maximum Gasteiger partial charge on any atom is 0.258 e. The average molecular weight is 329 g/mol. The van der Waals surface area contributed by atoms with Crippen molar-refractivity contribution in [1.29, 1.82) is 0 Å². The molecule has 1 heterocycles. The highest BCUT2D eigenvalue weighted by Gasteiger charge is 2.17. The van der Waals surface area contributed by atoms with Crippen molar-refractivity contribution in [3.05, 3.63) is 53.9 Å². The summed E-state index contributed by atoms with van der Waals surface area (Å²) < 4.78 is 10.4. The Balaban J connectivity index is 1.89. The van der Waals surface area contributed by atoms with Gasteiger partial charge in [0.2, 0.25) is 0 Å². The van der Waals surface area contributed by atoms with Crippen molar-refractivity contribution in [2.75, 3.05) is 27.3 Å². The van der Waals surface area contributed by atoms with E-state index in [1.54, 1.807) is 42.7 Å². The van der Waals surface area contributed by atoms with Crippen LogP contribution >= 0.6 is 0 Å². The Bertz CT molecular complexity index is 682. The maximum absolute atomic E-state index is 12.3. The second-order valence-corrected chi connectivity index (χ2v) is 4.79. The summed E-state index contributed by atoms with van der Waals surface area (Å²) in [6.07, 6.45) is 3.09. The molecule has 0 unspecified atom stereocenters. The lowest BCUT2D eigenvalue weighted by molar-refractivity contribution is 0.0924. The first kappa shape index (κ1) is 17.3. The molecule has 24 heavy (non-hydrogen) atoms. The summed E-state index contributed by atoms with van der Waals surface area (Å²) in [5, 5.41) is 5.45. The van der Waals surface area contributed by atoms with Crippen LogP contribution in [-0.4, -0.2) is 44.1 Å². The van der Waals surface area contributed by atoms with Gasteiger partial charge in [0.25, 0.3) is 11.8 Å². The van der Waals surface area contributed by atoms with Crippen molar-refractivity contribution >= 4 is 11.8 Å². The average Bonchev–Trinajstić information content (AvgIpc) is 2.64. The van der Waals surface area contributed by atoms with Crippen LogP contribution in [0.2, 0.25) is 0 Å². The molecule has 7 nitrogen and oxygen atoms in total. The summed E-state index contributed by atoms with van der Waals surface area (Å²) in [4.78, 5) is 28.0. The molecule has 0 atom stereocenters. The van der Waals surface area contributed by atoms with Gasteiger partial charge in [-0.1, -0.05) is 6.07 Å². The van der Waals surface area contributed by atoms with E-state index in [9.17, 15) is 9.59 Å². The van der Waals surface area contributed by atoms with E-state index < -0.39 is 0 Å². The molecule has 0 fully saturated rings. The molecule has 0 spiro atoms. The summed E-state index contributed by atoms with van der Waals surface area (Å²) in [5.74, 6) is 0.296. The van der Waals surface area contributed by atoms with Crippen LogP contribution in [0.4, 0.5) is 0 Å². The van der Waals surface area contributed by atoms with Crippen molar-refractivity contribution in [2.45, 2.75) is 0 Å². The highest BCUT2D eigenvalue weighted by Crippen LogP contribution is 2.27. The lowest BCUT2D eigenvalue weighted by Crippen LogP contribution is -2.35. The summed E-state index contributed by atoms with van der Waals surface area (Å²) >= 11 is 0. The van der Waals surface area contributed by atoms with Gasteiger partial charge in [-0.05, 0) is 24.3 Å². The Morgan fingerprint density at radius 2 is 1.46 bits per heavy atom. The Hall–Kier alpha value is -3.09. The molecule has 0 saturated heterocycles. The molecule has 0 aliphatic carbocycles. The van der Waals surface area contributed by atoms with Crippen LogP contribution in [0, 0.1) is 0 Å². The van der Waals surface area contributed by atoms with Crippen molar-refractivity contribution < 1.29 is 19.1 Å². The number of pyridine rings is 1. The zero-order valence-corrected chi connectivity index (χ0v) is 13.5. The highest BCUT2D eigenvalue weighted by molar-refractivity contribution is 5.99. The number of carbonyl (C=O) groups is 2. The van der Waals surface area contributed by atoms with Gasteiger partial charge >= 0.3 is 0 Å². The number of carbonyl (C=O) groups excluding carboxylic acids is 2. The molecule has 0 bridgehead atoms. The third kappa shape index (κ3) is 4.22. The van der Waals surface area contributed by atoms with Crippen LogP contribution < -0.4 is 20.1 Å². The van der Waals surface area contributed by atoms with Gasteiger partial charge in [-0.2, -0.15) is 0 Å². The Kier molecular flexibility index (Phi) is 6.13. The smallest absolute Gasteiger partial charge is 0.258 e. The minimum atomic E-state index is -0.331. The molecule has 7 heteroatoms. The number of benzene rings is 1. The van der Waals surface area contributed by atoms with Gasteiger partial charge in [-0.25, -0.2) is 0 Å². The van der Waals surface area contributed by atoms with Gasteiger partial charge in [0.05, 0.1) is 14.2 Å². The molecule has 0 aliphatic rings. The number of ether oxygens (including phenoxy) is 2. The fourth-order valence-electron chi connectivity index (χ4n) is 2.12. The van der Waals surface area contributed by atoms with Gasteiger partial charge in [-0.15, -0.1) is 0 Å². The first-order valence-electron chi connectivity index (χ1n) is 7.34. The highest BCUT2D eigenvalue weighted by atomic mass is 16.5. The van der Waals surface area contributed by atoms with Gasteiger partial charge < -0.3 is 20.1 Å². The van der Waals surface area contributed by atoms with Crippen LogP contribution in [0.15, 0.2) is 42.7 Å². The van der Waals surface area contributed by atoms with E-state index in [-0.39, 0.29) is 18.4 Å². The zero-order chi connectivity index (χ0) is 17.4. The molecule has 126 valence electrons. The summed E-state index contributed by atoms with van der Waals surface area (Å²) in [5.41, 5.74) is 0.839. The minimum absolute atomic E-state index is 0.221. The lowest BCUT2D eigenvalue weighted by atomic mass is 10.1. The summed E-state index contributed by atoms with van der Waals surface area (Å²) in [7, 11) is 2.97. The predicted molar refractivity (Wildman–Crippen MR) is 88.4 cm³/mol. The molecule has 0 radical (unpaired) electrons. The van der Waals surface area contributed by atoms with Gasteiger partial charge in [0.1, 0.15) is 17.1 Å². The number of nitrogens with zero attached hydrogens (tertiary/aromatic N) is 1. The molecule has 2 rings (SSSR count). The first-order valence-corrected chi connectivity index (χ1v) is 7.34. The third-order valence-corrected chi connectivity index (χ3v) is 3.29. The third-order valence-electron chi connectivity index (χ3n) is 3.29. The fraction of sp³-hybridized carbons (Fsp3) is 0.235. The second kappa shape index (κ2) is 8.52. The SMILES string of the molecule is COc1cccc(OC)c1C(=O)NCCNC(=O)c1ccncc1. The van der Waals surface area contributed by atoms with Crippen molar-refractivity contribution in [2.24, 2.45) is 0 Å². The number of hydrogen-bond acceptors (Lipinski definition) is 5. The minimum Gasteiger partial charge on any atom is -0.496 e. The van der Waals surface area contributed by atoms with E-state index in [1.165, 1.54) is 14.2 Å². The second-order valence-electron chi connectivity index (χ2n) is 4.79. The number of rotatable bonds is 7. The molecule has 0 aliphatic heterocycles. The number of hydrogen-bond donors (Lipinski definition) is 2. The van der Waals surface area contributed by atoms with E-state index in [2.05, 4.69) is 15.6 Å². The van der Waals surface area contributed by atoms with E-state index in [0.29, 0.717) is 29.2 Å². The van der Waals surface area contributed by atoms with Gasteiger partial charge in [0.15, 0.2) is 0 Å². The normalized spacial score (nSPS) is 9.92. The standard InChI is InChI=1S/C17H19N3O4/c1-23-13-4-3-5-14(24-2)15(13)17(22)20-11-10-19-16(21)12-6-8-18-9-7-12/h3-9H,10-11H2,1-2H3,(H,19,21)(H,20,22).